The fourth-order valence-corrected chi connectivity index (χ4v) is 3.08. The summed E-state index contributed by atoms with van der Waals surface area (Å²) in [5.74, 6) is 1.39. The summed E-state index contributed by atoms with van der Waals surface area (Å²) in [5.41, 5.74) is 3.63. The summed E-state index contributed by atoms with van der Waals surface area (Å²) < 4.78 is 5.21. The third kappa shape index (κ3) is 2.86. The van der Waals surface area contributed by atoms with Crippen LogP contribution in [0, 0.1) is 19.8 Å². The molecule has 1 saturated heterocycles. The Morgan fingerprint density at radius 1 is 1.41 bits per heavy atom. The molecule has 0 radical (unpaired) electrons. The molecule has 1 aliphatic heterocycles. The van der Waals surface area contributed by atoms with Crippen LogP contribution < -0.4 is 0 Å². The number of aryl methyl sites for hydroxylation is 2. The van der Waals surface area contributed by atoms with E-state index in [9.17, 15) is 4.79 Å². The first-order valence-electron chi connectivity index (χ1n) is 7.54. The van der Waals surface area contributed by atoms with Gasteiger partial charge in [-0.15, -0.1) is 0 Å². The van der Waals surface area contributed by atoms with Crippen LogP contribution in [0.25, 0.3) is 11.3 Å². The number of hydrogen-bond acceptors (Lipinski definition) is 5. The molecule has 0 bridgehead atoms. The minimum absolute atomic E-state index is 0.154. The maximum Gasteiger partial charge on any atom is 0.219 e. The van der Waals surface area contributed by atoms with Gasteiger partial charge in [-0.3, -0.25) is 4.79 Å². The second-order valence-electron chi connectivity index (χ2n) is 5.92. The minimum Gasteiger partial charge on any atom is -0.361 e. The molecule has 3 rings (SSSR count). The summed E-state index contributed by atoms with van der Waals surface area (Å²) in [7, 11) is 0. The van der Waals surface area contributed by atoms with Gasteiger partial charge in [-0.1, -0.05) is 5.16 Å². The number of carbonyl (C=O) groups is 1. The fraction of sp³-hybridized carbons (Fsp3) is 0.500. The Kier molecular flexibility index (Phi) is 3.92. The first kappa shape index (κ1) is 14.7. The van der Waals surface area contributed by atoms with Gasteiger partial charge in [0.25, 0.3) is 0 Å². The van der Waals surface area contributed by atoms with Gasteiger partial charge in [0, 0.05) is 25.7 Å². The molecular weight excluding hydrogens is 280 g/mol. The molecule has 116 valence electrons. The summed E-state index contributed by atoms with van der Waals surface area (Å²) in [4.78, 5) is 22.0. The Hall–Kier alpha value is -2.24. The van der Waals surface area contributed by atoms with Crippen LogP contribution in [0.1, 0.15) is 30.5 Å². The van der Waals surface area contributed by atoms with Gasteiger partial charge in [-0.25, -0.2) is 9.97 Å². The Morgan fingerprint density at radius 2 is 2.23 bits per heavy atom. The van der Waals surface area contributed by atoms with E-state index in [1.807, 2.05) is 24.8 Å². The lowest BCUT2D eigenvalue weighted by molar-refractivity contribution is -0.127. The van der Waals surface area contributed by atoms with Crippen molar-refractivity contribution in [3.05, 3.63) is 29.5 Å². The number of aromatic nitrogens is 3. The zero-order valence-electron chi connectivity index (χ0n) is 13.2. The quantitative estimate of drug-likeness (QED) is 0.868. The van der Waals surface area contributed by atoms with Crippen LogP contribution in [-0.4, -0.2) is 39.0 Å². The smallest absolute Gasteiger partial charge is 0.219 e. The van der Waals surface area contributed by atoms with Crippen molar-refractivity contribution in [2.45, 2.75) is 33.6 Å². The van der Waals surface area contributed by atoms with Crippen molar-refractivity contribution in [2.75, 3.05) is 13.1 Å². The topological polar surface area (TPSA) is 72.1 Å². The van der Waals surface area contributed by atoms with Crippen molar-refractivity contribution >= 4 is 5.91 Å². The molecule has 0 N–H and O–H groups in total. The molecule has 3 heterocycles. The molecule has 0 spiro atoms. The summed E-state index contributed by atoms with van der Waals surface area (Å²) in [6, 6.07) is 2.00. The van der Waals surface area contributed by atoms with E-state index in [4.69, 9.17) is 4.52 Å². The van der Waals surface area contributed by atoms with Crippen LogP contribution in [0.3, 0.4) is 0 Å². The molecule has 0 aromatic carbocycles. The lowest BCUT2D eigenvalue weighted by atomic mass is 10.0. The second-order valence-corrected chi connectivity index (χ2v) is 5.92. The maximum absolute atomic E-state index is 11.4. The van der Waals surface area contributed by atoms with E-state index in [1.165, 1.54) is 0 Å². The molecule has 1 aliphatic rings. The number of likely N-dealkylation sites (tertiary alicyclic amines) is 1. The van der Waals surface area contributed by atoms with Gasteiger partial charge in [0.05, 0.1) is 17.0 Å². The molecule has 0 aliphatic carbocycles. The Labute approximate surface area is 129 Å². The zero-order valence-corrected chi connectivity index (χ0v) is 13.2. The second kappa shape index (κ2) is 5.87. The number of nitrogens with zero attached hydrogens (tertiary/aromatic N) is 4. The third-order valence-electron chi connectivity index (χ3n) is 4.24. The largest absolute Gasteiger partial charge is 0.361 e. The Morgan fingerprint density at radius 3 is 2.86 bits per heavy atom. The molecule has 0 saturated carbocycles. The van der Waals surface area contributed by atoms with Gasteiger partial charge < -0.3 is 9.42 Å². The van der Waals surface area contributed by atoms with Gasteiger partial charge in [0.1, 0.15) is 12.1 Å². The van der Waals surface area contributed by atoms with Crippen molar-refractivity contribution in [3.8, 4) is 11.3 Å². The Balaban J connectivity index is 1.77. The summed E-state index contributed by atoms with van der Waals surface area (Å²) in [5, 5.41) is 3.98. The van der Waals surface area contributed by atoms with Crippen molar-refractivity contribution in [1.82, 2.24) is 20.0 Å². The molecule has 6 nitrogen and oxygen atoms in total. The Bertz CT molecular complexity index is 676. The maximum atomic E-state index is 11.4. The standard InChI is InChI=1S/C16H20N4O2/c1-10-16(11(2)22-19-10)15-7-14(17-9-18-15)6-13-4-5-20(8-13)12(3)21/h7,9,13H,4-6,8H2,1-3H3/t13-/m1/s1. The van der Waals surface area contributed by atoms with Gasteiger partial charge in [-0.2, -0.15) is 0 Å². The SMILES string of the molecule is CC(=O)N1CC[C@H](Cc2cc(-c3c(C)noc3C)ncn2)C1. The van der Waals surface area contributed by atoms with E-state index in [1.54, 1.807) is 13.3 Å². The first-order chi connectivity index (χ1) is 10.5. The first-order valence-corrected chi connectivity index (χ1v) is 7.54. The molecule has 22 heavy (non-hydrogen) atoms. The van der Waals surface area contributed by atoms with Crippen molar-refractivity contribution in [2.24, 2.45) is 5.92 Å². The highest BCUT2D eigenvalue weighted by atomic mass is 16.5. The lowest BCUT2D eigenvalue weighted by Gasteiger charge is -2.13. The van der Waals surface area contributed by atoms with Gasteiger partial charge in [0.2, 0.25) is 5.91 Å². The number of rotatable bonds is 3. The molecule has 1 fully saturated rings. The molecule has 2 aromatic rings. The molecule has 6 heteroatoms. The van der Waals surface area contributed by atoms with E-state index < -0.39 is 0 Å². The lowest BCUT2D eigenvalue weighted by Crippen LogP contribution is -2.26. The highest BCUT2D eigenvalue weighted by Gasteiger charge is 2.25. The third-order valence-corrected chi connectivity index (χ3v) is 4.24. The van der Waals surface area contributed by atoms with E-state index in [2.05, 4.69) is 15.1 Å². The predicted molar refractivity (Wildman–Crippen MR) is 81.1 cm³/mol. The van der Waals surface area contributed by atoms with Gasteiger partial charge >= 0.3 is 0 Å². The van der Waals surface area contributed by atoms with Crippen LogP contribution in [-0.2, 0) is 11.2 Å². The zero-order chi connectivity index (χ0) is 15.7. The van der Waals surface area contributed by atoms with Crippen LogP contribution >= 0.6 is 0 Å². The van der Waals surface area contributed by atoms with Crippen LogP contribution in [0.4, 0.5) is 0 Å². The summed E-state index contributed by atoms with van der Waals surface area (Å²) in [6.45, 7) is 7.10. The fourth-order valence-electron chi connectivity index (χ4n) is 3.08. The van der Waals surface area contributed by atoms with Gasteiger partial charge in [-0.05, 0) is 38.7 Å². The minimum atomic E-state index is 0.154. The predicted octanol–water partition coefficient (Wildman–Crippen LogP) is 2.16. The average Bonchev–Trinajstić information content (AvgIpc) is 3.06. The van der Waals surface area contributed by atoms with Crippen LogP contribution in [0.2, 0.25) is 0 Å². The molecule has 1 amide bonds. The highest BCUT2D eigenvalue weighted by Crippen LogP contribution is 2.26. The number of hydrogen-bond donors (Lipinski definition) is 0. The summed E-state index contributed by atoms with van der Waals surface area (Å²) in [6.07, 6.45) is 3.49. The molecule has 2 aromatic heterocycles. The van der Waals surface area contributed by atoms with Gasteiger partial charge in [0.15, 0.2) is 0 Å². The average molecular weight is 300 g/mol. The normalized spacial score (nSPS) is 18.0. The van der Waals surface area contributed by atoms with Crippen molar-refractivity contribution < 1.29 is 9.32 Å². The van der Waals surface area contributed by atoms with E-state index in [-0.39, 0.29) is 5.91 Å². The van der Waals surface area contributed by atoms with Crippen LogP contribution in [0.5, 0.6) is 0 Å². The number of carbonyl (C=O) groups excluding carboxylic acids is 1. The van der Waals surface area contributed by atoms with E-state index in [0.717, 1.165) is 54.3 Å². The van der Waals surface area contributed by atoms with E-state index in [0.29, 0.717) is 5.92 Å². The molecular formula is C16H20N4O2. The van der Waals surface area contributed by atoms with Crippen molar-refractivity contribution in [3.63, 3.8) is 0 Å². The van der Waals surface area contributed by atoms with Crippen LogP contribution in [0.15, 0.2) is 16.9 Å². The monoisotopic (exact) mass is 300 g/mol. The van der Waals surface area contributed by atoms with Crippen molar-refractivity contribution in [1.29, 1.82) is 0 Å². The summed E-state index contributed by atoms with van der Waals surface area (Å²) >= 11 is 0. The highest BCUT2D eigenvalue weighted by molar-refractivity contribution is 5.73. The number of amides is 1. The van der Waals surface area contributed by atoms with E-state index >= 15 is 0 Å². The molecule has 0 unspecified atom stereocenters. The molecule has 1 atom stereocenters.